The highest BCUT2D eigenvalue weighted by Gasteiger charge is 2.13. The van der Waals surface area contributed by atoms with Gasteiger partial charge in [0.1, 0.15) is 5.82 Å². The van der Waals surface area contributed by atoms with Crippen molar-refractivity contribution in [2.24, 2.45) is 0 Å². The van der Waals surface area contributed by atoms with E-state index >= 15 is 0 Å². The van der Waals surface area contributed by atoms with Gasteiger partial charge in [0, 0.05) is 18.8 Å². The van der Waals surface area contributed by atoms with E-state index in [2.05, 4.69) is 11.9 Å². The quantitative estimate of drug-likeness (QED) is 0.726. The van der Waals surface area contributed by atoms with Crippen LogP contribution < -0.4 is 4.90 Å². The summed E-state index contributed by atoms with van der Waals surface area (Å²) in [6.07, 6.45) is 3.71. The number of hydrogen-bond acceptors (Lipinski definition) is 4. The molecule has 0 aliphatic rings. The molecule has 2 N–H and O–H groups in total. The summed E-state index contributed by atoms with van der Waals surface area (Å²) in [7, 11) is 0. The fourth-order valence-electron chi connectivity index (χ4n) is 2.05. The number of hydrogen-bond donors (Lipinski definition) is 2. The van der Waals surface area contributed by atoms with Gasteiger partial charge in [-0.25, -0.2) is 9.78 Å². The third-order valence-corrected chi connectivity index (χ3v) is 3.09. The Bertz CT molecular complexity index is 435. The van der Waals surface area contributed by atoms with Crippen LogP contribution >= 0.6 is 0 Å². The molecule has 0 aliphatic heterocycles. The lowest BCUT2D eigenvalue weighted by Crippen LogP contribution is -2.29. The van der Waals surface area contributed by atoms with Crippen LogP contribution in [0.1, 0.15) is 49.2 Å². The van der Waals surface area contributed by atoms with E-state index in [1.165, 1.54) is 0 Å². The molecule has 0 radical (unpaired) electrons. The number of aliphatic hydroxyl groups is 1. The van der Waals surface area contributed by atoms with Gasteiger partial charge in [0.2, 0.25) is 0 Å². The van der Waals surface area contributed by atoms with E-state index in [1.54, 1.807) is 12.1 Å². The lowest BCUT2D eigenvalue weighted by molar-refractivity contribution is 0.0696. The summed E-state index contributed by atoms with van der Waals surface area (Å²) in [5, 5.41) is 18.4. The first-order valence-corrected chi connectivity index (χ1v) is 7.22. The number of unbranched alkanes of at least 4 members (excludes halogenated alkanes) is 1. The highest BCUT2D eigenvalue weighted by Crippen LogP contribution is 2.17. The zero-order chi connectivity index (χ0) is 15.0. The minimum Gasteiger partial charge on any atom is -0.478 e. The maximum absolute atomic E-state index is 11.2. The fraction of sp³-hybridized carbons (Fsp3) is 0.600. The normalized spacial score (nSPS) is 10.6. The van der Waals surface area contributed by atoms with Gasteiger partial charge in [-0.05, 0) is 25.0 Å². The second kappa shape index (κ2) is 8.53. The molecule has 1 rings (SSSR count). The topological polar surface area (TPSA) is 73.7 Å². The Morgan fingerprint density at radius 2 is 2.00 bits per heavy atom. The monoisotopic (exact) mass is 280 g/mol. The predicted molar refractivity (Wildman–Crippen MR) is 79.4 cm³/mol. The van der Waals surface area contributed by atoms with Gasteiger partial charge in [-0.1, -0.05) is 26.7 Å². The van der Waals surface area contributed by atoms with Crippen molar-refractivity contribution in [2.45, 2.75) is 39.5 Å². The van der Waals surface area contributed by atoms with E-state index in [0.717, 1.165) is 37.9 Å². The minimum atomic E-state index is -0.939. The molecule has 0 fully saturated rings. The number of aromatic nitrogens is 1. The molecule has 0 spiro atoms. The number of carboxylic acid groups (broad SMARTS) is 1. The third kappa shape index (κ3) is 4.81. The molecule has 0 unspecified atom stereocenters. The number of aromatic carboxylic acids is 1. The Labute approximate surface area is 120 Å². The van der Waals surface area contributed by atoms with Crippen LogP contribution in [-0.2, 0) is 6.42 Å². The summed E-state index contributed by atoms with van der Waals surface area (Å²) >= 11 is 0. The van der Waals surface area contributed by atoms with Crippen LogP contribution in [0.5, 0.6) is 0 Å². The number of aliphatic hydroxyl groups excluding tert-OH is 1. The Morgan fingerprint density at radius 3 is 2.55 bits per heavy atom. The van der Waals surface area contributed by atoms with Gasteiger partial charge < -0.3 is 15.1 Å². The van der Waals surface area contributed by atoms with Crippen molar-refractivity contribution >= 4 is 11.8 Å². The van der Waals surface area contributed by atoms with Gasteiger partial charge in [0.25, 0.3) is 0 Å². The number of carbonyl (C=O) groups is 1. The van der Waals surface area contributed by atoms with Gasteiger partial charge in [-0.3, -0.25) is 0 Å². The first-order chi connectivity index (χ1) is 9.62. The molecule has 20 heavy (non-hydrogen) atoms. The van der Waals surface area contributed by atoms with Crippen molar-refractivity contribution in [3.8, 4) is 0 Å². The molecule has 1 heterocycles. The van der Waals surface area contributed by atoms with Crippen molar-refractivity contribution in [3.63, 3.8) is 0 Å². The van der Waals surface area contributed by atoms with Crippen molar-refractivity contribution < 1.29 is 15.0 Å². The predicted octanol–water partition coefficient (Wildman–Crippen LogP) is 2.33. The summed E-state index contributed by atoms with van der Waals surface area (Å²) in [5.74, 6) is -0.290. The number of nitrogens with zero attached hydrogens (tertiary/aromatic N) is 2. The summed E-state index contributed by atoms with van der Waals surface area (Å²) in [5.41, 5.74) is 1.06. The summed E-state index contributed by atoms with van der Waals surface area (Å²) < 4.78 is 0. The molecule has 0 saturated carbocycles. The van der Waals surface area contributed by atoms with Gasteiger partial charge in [-0.15, -0.1) is 0 Å². The largest absolute Gasteiger partial charge is 0.478 e. The van der Waals surface area contributed by atoms with Crippen molar-refractivity contribution in [1.82, 2.24) is 4.98 Å². The SMILES string of the molecule is CCCCN(CCO)c1cc(C(=O)O)cc(CCC)n1. The van der Waals surface area contributed by atoms with E-state index in [4.69, 9.17) is 5.11 Å². The number of aryl methyl sites for hydroxylation is 1. The van der Waals surface area contributed by atoms with E-state index in [-0.39, 0.29) is 12.2 Å². The molecule has 0 saturated heterocycles. The molecule has 112 valence electrons. The van der Waals surface area contributed by atoms with E-state index in [9.17, 15) is 9.90 Å². The zero-order valence-electron chi connectivity index (χ0n) is 12.3. The Kier molecular flexibility index (Phi) is 7.01. The lowest BCUT2D eigenvalue weighted by atomic mass is 10.1. The second-order valence-corrected chi connectivity index (χ2v) is 4.82. The van der Waals surface area contributed by atoms with Crippen LogP contribution in [-0.4, -0.2) is 40.9 Å². The van der Waals surface area contributed by atoms with Gasteiger partial charge in [-0.2, -0.15) is 0 Å². The average Bonchev–Trinajstić information content (AvgIpc) is 2.43. The molecule has 0 aromatic carbocycles. The second-order valence-electron chi connectivity index (χ2n) is 4.82. The minimum absolute atomic E-state index is 0.0335. The lowest BCUT2D eigenvalue weighted by Gasteiger charge is -2.23. The molecule has 0 atom stereocenters. The van der Waals surface area contributed by atoms with E-state index < -0.39 is 5.97 Å². The molecule has 1 aromatic rings. The molecule has 0 bridgehead atoms. The van der Waals surface area contributed by atoms with Crippen LogP contribution in [0.4, 0.5) is 5.82 Å². The van der Waals surface area contributed by atoms with Crippen LogP contribution in [0, 0.1) is 0 Å². The molecular formula is C15H24N2O3. The van der Waals surface area contributed by atoms with E-state index in [0.29, 0.717) is 12.4 Å². The average molecular weight is 280 g/mol. The number of carboxylic acids is 1. The third-order valence-electron chi connectivity index (χ3n) is 3.09. The first kappa shape index (κ1) is 16.4. The molecule has 5 nitrogen and oxygen atoms in total. The molecular weight excluding hydrogens is 256 g/mol. The standard InChI is InChI=1S/C15H24N2O3/c1-3-5-7-17(8-9-18)14-11-12(15(19)20)10-13(16-14)6-4-2/h10-11,18H,3-9H2,1-2H3,(H,19,20). The van der Waals surface area contributed by atoms with Crippen molar-refractivity contribution in [3.05, 3.63) is 23.4 Å². The Morgan fingerprint density at radius 1 is 1.25 bits per heavy atom. The number of anilines is 1. The van der Waals surface area contributed by atoms with E-state index in [1.807, 2.05) is 11.8 Å². The smallest absolute Gasteiger partial charge is 0.335 e. The number of pyridine rings is 1. The van der Waals surface area contributed by atoms with Crippen molar-refractivity contribution in [2.75, 3.05) is 24.6 Å². The summed E-state index contributed by atoms with van der Waals surface area (Å²) in [4.78, 5) is 17.7. The Balaban J connectivity index is 3.07. The Hall–Kier alpha value is -1.62. The maximum atomic E-state index is 11.2. The molecule has 0 aliphatic carbocycles. The highest BCUT2D eigenvalue weighted by molar-refractivity contribution is 5.88. The fourth-order valence-corrected chi connectivity index (χ4v) is 2.05. The first-order valence-electron chi connectivity index (χ1n) is 7.22. The van der Waals surface area contributed by atoms with Gasteiger partial charge in [0.15, 0.2) is 0 Å². The number of rotatable bonds is 9. The molecule has 0 amide bonds. The highest BCUT2D eigenvalue weighted by atomic mass is 16.4. The summed E-state index contributed by atoms with van der Waals surface area (Å²) in [6.45, 7) is 5.42. The van der Waals surface area contributed by atoms with Crippen LogP contribution in [0.3, 0.4) is 0 Å². The van der Waals surface area contributed by atoms with Gasteiger partial charge >= 0.3 is 5.97 Å². The maximum Gasteiger partial charge on any atom is 0.335 e. The van der Waals surface area contributed by atoms with Crippen LogP contribution in [0.15, 0.2) is 12.1 Å². The van der Waals surface area contributed by atoms with Gasteiger partial charge in [0.05, 0.1) is 12.2 Å². The molecule has 5 heteroatoms. The summed E-state index contributed by atoms with van der Waals surface area (Å²) in [6, 6.07) is 3.22. The van der Waals surface area contributed by atoms with Crippen molar-refractivity contribution in [1.29, 1.82) is 0 Å². The van der Waals surface area contributed by atoms with Crippen LogP contribution in [0.2, 0.25) is 0 Å². The van der Waals surface area contributed by atoms with Crippen LogP contribution in [0.25, 0.3) is 0 Å². The zero-order valence-corrected chi connectivity index (χ0v) is 12.3. The molecule has 1 aromatic heterocycles.